The van der Waals surface area contributed by atoms with Crippen molar-refractivity contribution in [2.75, 3.05) is 33.4 Å². The molecule has 5 rings (SSSR count). The molecule has 3 aromatic carbocycles. The lowest BCUT2D eigenvalue weighted by atomic mass is 9.74. The second kappa shape index (κ2) is 10.1. The third kappa shape index (κ3) is 4.61. The van der Waals surface area contributed by atoms with Crippen molar-refractivity contribution in [2.45, 2.75) is 35.7 Å². The van der Waals surface area contributed by atoms with Crippen molar-refractivity contribution in [1.82, 2.24) is 9.21 Å². The molecule has 0 aromatic heterocycles. The van der Waals surface area contributed by atoms with E-state index in [1.165, 1.54) is 7.11 Å². The third-order valence-electron chi connectivity index (χ3n) is 7.41. The number of rotatable bonds is 6. The highest BCUT2D eigenvalue weighted by molar-refractivity contribution is 7.89. The molecule has 3 atom stereocenters. The van der Waals surface area contributed by atoms with Gasteiger partial charge in [-0.3, -0.25) is 4.90 Å². The molecule has 0 unspecified atom stereocenters. The van der Waals surface area contributed by atoms with E-state index in [2.05, 4.69) is 41.3 Å². The van der Waals surface area contributed by atoms with Crippen LogP contribution in [0.4, 0.5) is 0 Å². The van der Waals surface area contributed by atoms with Gasteiger partial charge < -0.3 is 9.84 Å². The Bertz CT molecular complexity index is 1250. The van der Waals surface area contributed by atoms with Crippen LogP contribution >= 0.6 is 0 Å². The van der Waals surface area contributed by atoms with E-state index in [-0.39, 0.29) is 29.5 Å². The summed E-state index contributed by atoms with van der Waals surface area (Å²) in [5.41, 5.74) is 3.45. The first kappa shape index (κ1) is 24.0. The van der Waals surface area contributed by atoms with E-state index in [1.807, 2.05) is 18.2 Å². The summed E-state index contributed by atoms with van der Waals surface area (Å²) in [4.78, 5) is 2.55. The number of methoxy groups -OCH3 is 1. The molecule has 0 spiro atoms. The average molecular weight is 493 g/mol. The Hall–Kier alpha value is -2.71. The average Bonchev–Trinajstić information content (AvgIpc) is 2.88. The van der Waals surface area contributed by atoms with Gasteiger partial charge >= 0.3 is 0 Å². The second-order valence-electron chi connectivity index (χ2n) is 9.32. The molecule has 0 saturated carbocycles. The Morgan fingerprint density at radius 3 is 2.34 bits per heavy atom. The number of benzene rings is 3. The second-order valence-corrected chi connectivity index (χ2v) is 11.3. The van der Waals surface area contributed by atoms with Crippen LogP contribution in [0, 0.1) is 0 Å². The number of aliphatic hydroxyl groups excluding tert-OH is 1. The Morgan fingerprint density at radius 1 is 0.914 bits per heavy atom. The minimum atomic E-state index is -3.67. The molecule has 1 N–H and O–H groups in total. The van der Waals surface area contributed by atoms with Gasteiger partial charge in [0, 0.05) is 37.2 Å². The fourth-order valence-corrected chi connectivity index (χ4v) is 7.10. The highest BCUT2D eigenvalue weighted by Crippen LogP contribution is 2.43. The van der Waals surface area contributed by atoms with Crippen LogP contribution in [-0.2, 0) is 10.0 Å². The van der Waals surface area contributed by atoms with Gasteiger partial charge in [-0.05, 0) is 48.2 Å². The van der Waals surface area contributed by atoms with Gasteiger partial charge in [-0.25, -0.2) is 8.42 Å². The van der Waals surface area contributed by atoms with E-state index in [0.29, 0.717) is 18.8 Å². The Morgan fingerprint density at radius 2 is 1.63 bits per heavy atom. The van der Waals surface area contributed by atoms with Crippen molar-refractivity contribution in [1.29, 1.82) is 0 Å². The molecule has 0 radical (unpaired) electrons. The normalized spacial score (nSPS) is 23.5. The van der Waals surface area contributed by atoms with Gasteiger partial charge in [0.25, 0.3) is 0 Å². The molecule has 6 nitrogen and oxygen atoms in total. The monoisotopic (exact) mass is 492 g/mol. The summed E-state index contributed by atoms with van der Waals surface area (Å²) in [5.74, 6) is 0.603. The Balaban J connectivity index is 1.42. The maximum absolute atomic E-state index is 13.6. The molecule has 0 amide bonds. The molecule has 35 heavy (non-hydrogen) atoms. The smallest absolute Gasteiger partial charge is 0.243 e. The van der Waals surface area contributed by atoms with Crippen molar-refractivity contribution in [3.05, 3.63) is 84.4 Å². The predicted octanol–water partition coefficient (Wildman–Crippen LogP) is 3.98. The van der Waals surface area contributed by atoms with Crippen LogP contribution in [0.15, 0.2) is 83.8 Å². The molecule has 2 heterocycles. The quantitative estimate of drug-likeness (QED) is 0.564. The number of hydrogen-bond acceptors (Lipinski definition) is 5. The highest BCUT2D eigenvalue weighted by atomic mass is 32.2. The molecule has 2 fully saturated rings. The summed E-state index contributed by atoms with van der Waals surface area (Å²) < 4.78 is 34.1. The summed E-state index contributed by atoms with van der Waals surface area (Å²) in [5, 5.41) is 10.2. The van der Waals surface area contributed by atoms with Crippen molar-refractivity contribution in [3.8, 4) is 16.9 Å². The van der Waals surface area contributed by atoms with Crippen molar-refractivity contribution in [3.63, 3.8) is 0 Å². The lowest BCUT2D eigenvalue weighted by Crippen LogP contribution is -2.67. The minimum absolute atomic E-state index is 0.00190. The van der Waals surface area contributed by atoms with Crippen LogP contribution in [0.1, 0.15) is 24.3 Å². The van der Waals surface area contributed by atoms with Crippen LogP contribution < -0.4 is 4.74 Å². The number of sulfonamides is 1. The fraction of sp³-hybridized carbons (Fsp3) is 0.357. The number of ether oxygens (including phenoxy) is 1. The molecule has 3 aromatic rings. The van der Waals surface area contributed by atoms with Gasteiger partial charge in [0.2, 0.25) is 10.0 Å². The predicted molar refractivity (Wildman–Crippen MR) is 137 cm³/mol. The van der Waals surface area contributed by atoms with Gasteiger partial charge in [-0.1, -0.05) is 60.7 Å². The zero-order valence-corrected chi connectivity index (χ0v) is 20.8. The lowest BCUT2D eigenvalue weighted by Gasteiger charge is -2.57. The summed E-state index contributed by atoms with van der Waals surface area (Å²) in [6, 6.07) is 25.5. The van der Waals surface area contributed by atoms with E-state index >= 15 is 0 Å². The molecule has 2 saturated heterocycles. The van der Waals surface area contributed by atoms with Gasteiger partial charge in [-0.2, -0.15) is 4.31 Å². The summed E-state index contributed by atoms with van der Waals surface area (Å²) in [6.07, 6.45) is 1.69. The van der Waals surface area contributed by atoms with Crippen LogP contribution in [0.3, 0.4) is 0 Å². The largest absolute Gasteiger partial charge is 0.497 e. The number of aliphatic hydroxyl groups is 1. The SMILES string of the molecule is COc1cccc(S(=O)(=O)N2CCCCN3[C@@H](CO)[C@H](c4ccc(-c5ccccc5)cc4)[C@@H]3C2)c1. The van der Waals surface area contributed by atoms with E-state index in [4.69, 9.17) is 4.74 Å². The summed E-state index contributed by atoms with van der Waals surface area (Å²) in [6.45, 7) is 1.83. The maximum atomic E-state index is 13.6. The Labute approximate surface area is 207 Å². The number of hydrogen-bond donors (Lipinski definition) is 1. The van der Waals surface area contributed by atoms with E-state index < -0.39 is 10.0 Å². The highest BCUT2D eigenvalue weighted by Gasteiger charge is 2.50. The van der Waals surface area contributed by atoms with Gasteiger partial charge in [0.15, 0.2) is 0 Å². The van der Waals surface area contributed by atoms with Gasteiger partial charge in [-0.15, -0.1) is 0 Å². The minimum Gasteiger partial charge on any atom is -0.497 e. The summed E-state index contributed by atoms with van der Waals surface area (Å²) in [7, 11) is -2.13. The molecule has 2 aliphatic rings. The van der Waals surface area contributed by atoms with Crippen LogP contribution in [0.25, 0.3) is 11.1 Å². The first-order chi connectivity index (χ1) is 17.0. The number of nitrogens with zero attached hydrogens (tertiary/aromatic N) is 2. The first-order valence-corrected chi connectivity index (χ1v) is 13.6. The Kier molecular flexibility index (Phi) is 6.93. The molecular weight excluding hydrogens is 460 g/mol. The standard InChI is InChI=1S/C28H32N2O4S/c1-34-24-10-7-11-25(18-24)35(32,33)29-16-5-6-17-30-26(19-29)28(27(30)20-31)23-14-12-22(13-15-23)21-8-3-2-4-9-21/h2-4,7-15,18,26-28,31H,5-6,16-17,19-20H2,1H3/t26-,27-,28+/m0/s1. The third-order valence-corrected chi connectivity index (χ3v) is 9.28. The van der Waals surface area contributed by atoms with Crippen LogP contribution in [0.2, 0.25) is 0 Å². The molecule has 0 aliphatic carbocycles. The molecular formula is C28H32N2O4S. The molecule has 184 valence electrons. The number of fused-ring (bicyclic) bond motifs is 1. The van der Waals surface area contributed by atoms with E-state index in [1.54, 1.807) is 28.6 Å². The topological polar surface area (TPSA) is 70.1 Å². The first-order valence-electron chi connectivity index (χ1n) is 12.2. The zero-order chi connectivity index (χ0) is 24.4. The van der Waals surface area contributed by atoms with Gasteiger partial charge in [0.1, 0.15) is 5.75 Å². The molecule has 7 heteroatoms. The zero-order valence-electron chi connectivity index (χ0n) is 20.0. The van der Waals surface area contributed by atoms with Crippen LogP contribution in [0.5, 0.6) is 5.75 Å². The van der Waals surface area contributed by atoms with Crippen LogP contribution in [-0.4, -0.2) is 68.2 Å². The van der Waals surface area contributed by atoms with Crippen molar-refractivity contribution < 1.29 is 18.3 Å². The van der Waals surface area contributed by atoms with Crippen molar-refractivity contribution in [2.24, 2.45) is 0 Å². The lowest BCUT2D eigenvalue weighted by molar-refractivity contribution is -0.0553. The summed E-state index contributed by atoms with van der Waals surface area (Å²) >= 11 is 0. The van der Waals surface area contributed by atoms with E-state index in [9.17, 15) is 13.5 Å². The van der Waals surface area contributed by atoms with E-state index in [0.717, 1.165) is 36.1 Å². The molecule has 2 aliphatic heterocycles. The van der Waals surface area contributed by atoms with Crippen molar-refractivity contribution >= 4 is 10.0 Å². The fourth-order valence-electron chi connectivity index (χ4n) is 5.57. The molecule has 0 bridgehead atoms. The maximum Gasteiger partial charge on any atom is 0.243 e. The van der Waals surface area contributed by atoms with Gasteiger partial charge in [0.05, 0.1) is 18.6 Å².